The van der Waals surface area contributed by atoms with Crippen LogP contribution in [0.4, 0.5) is 5.82 Å². The van der Waals surface area contributed by atoms with Gasteiger partial charge in [-0.2, -0.15) is 0 Å². The standard InChI is InChI=1S/C24H33N5O3.HI/c1-4-25-24(26-11-9-23(30)29-22-8-6-18(3)14-27-22)28-15-19-7-5-17(2)13-21(19)32-20-10-12-31-16-20;/h5-8,13-14,20H,4,9-12,15-16H2,1-3H3,(H2,25,26,28)(H,27,29,30);1H. The number of guanidine groups is 1. The van der Waals surface area contributed by atoms with Gasteiger partial charge in [-0.15, -0.1) is 24.0 Å². The molecule has 1 saturated heterocycles. The van der Waals surface area contributed by atoms with Crippen molar-refractivity contribution in [1.82, 2.24) is 15.6 Å². The van der Waals surface area contributed by atoms with Gasteiger partial charge in [0.2, 0.25) is 5.91 Å². The number of benzene rings is 1. The smallest absolute Gasteiger partial charge is 0.227 e. The van der Waals surface area contributed by atoms with Gasteiger partial charge in [0.05, 0.1) is 19.8 Å². The summed E-state index contributed by atoms with van der Waals surface area (Å²) >= 11 is 0. The number of hydrogen-bond donors (Lipinski definition) is 3. The number of nitrogens with zero attached hydrogens (tertiary/aromatic N) is 2. The molecule has 0 saturated carbocycles. The number of nitrogens with one attached hydrogen (secondary N) is 3. The fraction of sp³-hybridized carbons (Fsp3) is 0.458. The molecule has 1 unspecified atom stereocenters. The lowest BCUT2D eigenvalue weighted by atomic mass is 10.1. The second kappa shape index (κ2) is 14.0. The van der Waals surface area contributed by atoms with Crippen molar-refractivity contribution < 1.29 is 14.3 Å². The first-order chi connectivity index (χ1) is 15.5. The minimum atomic E-state index is -0.0993. The van der Waals surface area contributed by atoms with E-state index in [0.717, 1.165) is 42.0 Å². The third-order valence-electron chi connectivity index (χ3n) is 4.98. The molecule has 2 heterocycles. The van der Waals surface area contributed by atoms with Gasteiger partial charge in [0.15, 0.2) is 5.96 Å². The fourth-order valence-electron chi connectivity index (χ4n) is 3.23. The van der Waals surface area contributed by atoms with Gasteiger partial charge >= 0.3 is 0 Å². The van der Waals surface area contributed by atoms with Gasteiger partial charge in [-0.05, 0) is 44.0 Å². The summed E-state index contributed by atoms with van der Waals surface area (Å²) in [6.07, 6.45) is 3.03. The van der Waals surface area contributed by atoms with E-state index in [1.54, 1.807) is 12.3 Å². The molecule has 1 amide bonds. The Bertz CT molecular complexity index is 915. The van der Waals surface area contributed by atoms with E-state index in [2.05, 4.69) is 38.1 Å². The third-order valence-corrected chi connectivity index (χ3v) is 4.98. The Morgan fingerprint density at radius 2 is 2.03 bits per heavy atom. The number of anilines is 1. The van der Waals surface area contributed by atoms with Crippen molar-refractivity contribution in [2.24, 2.45) is 4.99 Å². The molecule has 1 aliphatic rings. The summed E-state index contributed by atoms with van der Waals surface area (Å²) in [5.41, 5.74) is 3.21. The summed E-state index contributed by atoms with van der Waals surface area (Å²) in [5, 5.41) is 9.24. The van der Waals surface area contributed by atoms with Crippen LogP contribution in [0.15, 0.2) is 41.5 Å². The third kappa shape index (κ3) is 9.17. The molecule has 1 aromatic heterocycles. The van der Waals surface area contributed by atoms with Crippen LogP contribution < -0.4 is 20.7 Å². The molecule has 1 fully saturated rings. The molecular weight excluding hydrogens is 533 g/mol. The number of hydrogen-bond acceptors (Lipinski definition) is 5. The van der Waals surface area contributed by atoms with Crippen LogP contribution >= 0.6 is 24.0 Å². The van der Waals surface area contributed by atoms with E-state index >= 15 is 0 Å². The maximum Gasteiger partial charge on any atom is 0.227 e. The number of aryl methyl sites for hydroxylation is 2. The number of rotatable bonds is 9. The van der Waals surface area contributed by atoms with Crippen molar-refractivity contribution in [2.45, 2.75) is 46.3 Å². The Hall–Kier alpha value is -2.40. The highest BCUT2D eigenvalue weighted by Crippen LogP contribution is 2.24. The summed E-state index contributed by atoms with van der Waals surface area (Å²) in [5.74, 6) is 1.97. The molecule has 33 heavy (non-hydrogen) atoms. The van der Waals surface area contributed by atoms with E-state index in [0.29, 0.717) is 37.9 Å². The molecule has 0 aliphatic carbocycles. The highest BCUT2D eigenvalue weighted by Gasteiger charge is 2.18. The molecule has 0 spiro atoms. The molecule has 180 valence electrons. The highest BCUT2D eigenvalue weighted by atomic mass is 127. The van der Waals surface area contributed by atoms with Crippen LogP contribution in [0.1, 0.15) is 36.5 Å². The fourth-order valence-corrected chi connectivity index (χ4v) is 3.23. The van der Waals surface area contributed by atoms with Crippen molar-refractivity contribution >= 4 is 41.7 Å². The first-order valence-electron chi connectivity index (χ1n) is 11.1. The molecular formula is C24H34IN5O3. The van der Waals surface area contributed by atoms with Crippen LogP contribution in [-0.2, 0) is 16.1 Å². The van der Waals surface area contributed by atoms with E-state index in [9.17, 15) is 4.79 Å². The van der Waals surface area contributed by atoms with Crippen LogP contribution in [0.3, 0.4) is 0 Å². The second-order valence-corrected chi connectivity index (χ2v) is 7.86. The molecule has 1 aliphatic heterocycles. The first kappa shape index (κ1) is 26.8. The first-order valence-corrected chi connectivity index (χ1v) is 11.1. The Kier molecular flexibility index (Phi) is 11.4. The van der Waals surface area contributed by atoms with Gasteiger partial charge < -0.3 is 25.4 Å². The van der Waals surface area contributed by atoms with Crippen molar-refractivity contribution in [2.75, 3.05) is 31.6 Å². The average molecular weight is 567 g/mol. The second-order valence-electron chi connectivity index (χ2n) is 7.86. The normalized spacial score (nSPS) is 15.5. The van der Waals surface area contributed by atoms with Crippen LogP contribution in [0, 0.1) is 13.8 Å². The summed E-state index contributed by atoms with van der Waals surface area (Å²) in [7, 11) is 0. The Balaban J connectivity index is 0.00000385. The predicted molar refractivity (Wildman–Crippen MR) is 141 cm³/mol. The van der Waals surface area contributed by atoms with Gasteiger partial charge in [0.25, 0.3) is 0 Å². The number of carbonyl (C=O) groups is 1. The van der Waals surface area contributed by atoms with Gasteiger partial charge in [-0.1, -0.05) is 18.2 Å². The van der Waals surface area contributed by atoms with Crippen LogP contribution in [-0.4, -0.2) is 49.3 Å². The molecule has 0 bridgehead atoms. The van der Waals surface area contributed by atoms with E-state index in [4.69, 9.17) is 9.47 Å². The number of ether oxygens (including phenoxy) is 2. The SMILES string of the molecule is CCNC(=NCc1ccc(C)cc1OC1CCOC1)NCCC(=O)Nc1ccc(C)cn1.I. The molecule has 1 aromatic carbocycles. The molecule has 8 nitrogen and oxygen atoms in total. The maximum absolute atomic E-state index is 12.2. The number of carbonyl (C=O) groups excluding carboxylic acids is 1. The van der Waals surface area contributed by atoms with E-state index in [1.807, 2.05) is 32.9 Å². The zero-order valence-electron chi connectivity index (χ0n) is 19.5. The lowest BCUT2D eigenvalue weighted by molar-refractivity contribution is -0.116. The maximum atomic E-state index is 12.2. The summed E-state index contributed by atoms with van der Waals surface area (Å²) in [4.78, 5) is 21.1. The zero-order chi connectivity index (χ0) is 22.8. The van der Waals surface area contributed by atoms with Crippen LogP contribution in [0.2, 0.25) is 0 Å². The molecule has 2 aromatic rings. The van der Waals surface area contributed by atoms with E-state index in [1.165, 1.54) is 0 Å². The van der Waals surface area contributed by atoms with Crippen molar-refractivity contribution in [3.63, 3.8) is 0 Å². The minimum Gasteiger partial charge on any atom is -0.488 e. The van der Waals surface area contributed by atoms with Crippen molar-refractivity contribution in [3.05, 3.63) is 53.2 Å². The number of aromatic nitrogens is 1. The number of pyridine rings is 1. The molecule has 1 atom stereocenters. The summed E-state index contributed by atoms with van der Waals surface area (Å²) in [6.45, 7) is 9.04. The van der Waals surface area contributed by atoms with Gasteiger partial charge in [0, 0.05) is 37.7 Å². The van der Waals surface area contributed by atoms with Gasteiger partial charge in [-0.25, -0.2) is 9.98 Å². The zero-order valence-corrected chi connectivity index (χ0v) is 21.8. The molecule has 0 radical (unpaired) electrons. The van der Waals surface area contributed by atoms with E-state index in [-0.39, 0.29) is 36.0 Å². The van der Waals surface area contributed by atoms with Crippen LogP contribution in [0.5, 0.6) is 5.75 Å². The van der Waals surface area contributed by atoms with Crippen LogP contribution in [0.25, 0.3) is 0 Å². The van der Waals surface area contributed by atoms with E-state index < -0.39 is 0 Å². The lowest BCUT2D eigenvalue weighted by Gasteiger charge is -2.16. The predicted octanol–water partition coefficient (Wildman–Crippen LogP) is 3.57. The Morgan fingerprint density at radius 1 is 1.21 bits per heavy atom. The Labute approximate surface area is 213 Å². The monoisotopic (exact) mass is 567 g/mol. The molecule has 9 heteroatoms. The topological polar surface area (TPSA) is 96.9 Å². The number of aliphatic imine (C=N–C) groups is 1. The number of amides is 1. The quantitative estimate of drug-likeness (QED) is 0.244. The highest BCUT2D eigenvalue weighted by molar-refractivity contribution is 14.0. The van der Waals surface area contributed by atoms with Crippen molar-refractivity contribution in [1.29, 1.82) is 0 Å². The van der Waals surface area contributed by atoms with Gasteiger partial charge in [-0.3, -0.25) is 4.79 Å². The lowest BCUT2D eigenvalue weighted by Crippen LogP contribution is -2.38. The average Bonchev–Trinajstić information content (AvgIpc) is 3.28. The largest absolute Gasteiger partial charge is 0.488 e. The summed E-state index contributed by atoms with van der Waals surface area (Å²) < 4.78 is 11.6. The summed E-state index contributed by atoms with van der Waals surface area (Å²) in [6, 6.07) is 9.87. The minimum absolute atomic E-state index is 0. The Morgan fingerprint density at radius 3 is 2.73 bits per heavy atom. The van der Waals surface area contributed by atoms with Crippen molar-refractivity contribution in [3.8, 4) is 5.75 Å². The molecule has 3 rings (SSSR count). The van der Waals surface area contributed by atoms with Gasteiger partial charge in [0.1, 0.15) is 17.7 Å². The molecule has 3 N–H and O–H groups in total. The number of halogens is 1.